The van der Waals surface area contributed by atoms with E-state index in [0.29, 0.717) is 11.5 Å². The van der Waals surface area contributed by atoms with Crippen molar-refractivity contribution in [2.75, 3.05) is 6.54 Å². The summed E-state index contributed by atoms with van der Waals surface area (Å²) in [6, 6.07) is 13.2. The van der Waals surface area contributed by atoms with Crippen molar-refractivity contribution in [2.24, 2.45) is 5.41 Å². The van der Waals surface area contributed by atoms with Crippen molar-refractivity contribution in [3.05, 3.63) is 54.4 Å². The molecule has 1 aromatic heterocycles. The van der Waals surface area contributed by atoms with Crippen LogP contribution < -0.4 is 5.32 Å². The lowest BCUT2D eigenvalue weighted by molar-refractivity contribution is 0.309. The molecule has 0 fully saturated rings. The molecule has 3 nitrogen and oxygen atoms in total. The fraction of sp³-hybridized carbons (Fsp3) is 0.500. The number of hydrogen-bond donors (Lipinski definition) is 1. The van der Waals surface area contributed by atoms with Crippen molar-refractivity contribution >= 4 is 0 Å². The van der Waals surface area contributed by atoms with Crippen LogP contribution in [0.25, 0.3) is 0 Å². The molecule has 0 aliphatic carbocycles. The van der Waals surface area contributed by atoms with Gasteiger partial charge in [0.05, 0.1) is 0 Å². The summed E-state index contributed by atoms with van der Waals surface area (Å²) in [5.74, 6) is 0. The number of nitrogens with one attached hydrogen (secondary N) is 1. The van der Waals surface area contributed by atoms with Gasteiger partial charge in [0.1, 0.15) is 0 Å². The van der Waals surface area contributed by atoms with Crippen LogP contribution >= 0.6 is 0 Å². The molecule has 0 spiro atoms. The average molecular weight is 285 g/mol. The Kier molecular flexibility index (Phi) is 5.57. The lowest BCUT2D eigenvalue weighted by Crippen LogP contribution is -2.27. The largest absolute Gasteiger partial charge is 0.310 e. The lowest BCUT2D eigenvalue weighted by atomic mass is 9.85. The summed E-state index contributed by atoms with van der Waals surface area (Å²) in [5.41, 5.74) is 1.70. The first-order chi connectivity index (χ1) is 10.0. The van der Waals surface area contributed by atoms with E-state index < -0.39 is 0 Å². The second kappa shape index (κ2) is 7.41. The van der Waals surface area contributed by atoms with E-state index in [-0.39, 0.29) is 0 Å². The molecule has 0 aliphatic rings. The van der Waals surface area contributed by atoms with Gasteiger partial charge in [0.25, 0.3) is 0 Å². The van der Waals surface area contributed by atoms with Crippen molar-refractivity contribution in [3.63, 3.8) is 0 Å². The first-order valence-electron chi connectivity index (χ1n) is 7.80. The molecule has 1 N–H and O–H groups in total. The van der Waals surface area contributed by atoms with Crippen molar-refractivity contribution in [1.82, 2.24) is 15.1 Å². The minimum atomic E-state index is 0.315. The minimum Gasteiger partial charge on any atom is -0.310 e. The smallest absolute Gasteiger partial charge is 0.0489 e. The van der Waals surface area contributed by atoms with Gasteiger partial charge < -0.3 is 5.32 Å². The van der Waals surface area contributed by atoms with Gasteiger partial charge in [-0.3, -0.25) is 4.68 Å². The molecule has 1 unspecified atom stereocenters. The minimum absolute atomic E-state index is 0.315. The van der Waals surface area contributed by atoms with Crippen LogP contribution in [0.4, 0.5) is 0 Å². The van der Waals surface area contributed by atoms with Gasteiger partial charge in [0.15, 0.2) is 0 Å². The van der Waals surface area contributed by atoms with Crippen LogP contribution in [-0.2, 0) is 6.54 Å². The van der Waals surface area contributed by atoms with E-state index in [0.717, 1.165) is 25.9 Å². The molecule has 0 saturated carbocycles. The number of rotatable bonds is 7. The fourth-order valence-electron chi connectivity index (χ4n) is 2.56. The van der Waals surface area contributed by atoms with E-state index in [4.69, 9.17) is 0 Å². The van der Waals surface area contributed by atoms with Gasteiger partial charge >= 0.3 is 0 Å². The van der Waals surface area contributed by atoms with E-state index in [2.05, 4.69) is 61.5 Å². The maximum absolute atomic E-state index is 4.24. The van der Waals surface area contributed by atoms with Crippen molar-refractivity contribution in [1.29, 1.82) is 0 Å². The Hall–Kier alpha value is -1.61. The van der Waals surface area contributed by atoms with E-state index in [1.54, 1.807) is 0 Å². The van der Waals surface area contributed by atoms with Gasteiger partial charge in [-0.05, 0) is 36.4 Å². The Bertz CT molecular complexity index is 497. The second-order valence-electron chi connectivity index (χ2n) is 6.80. The first-order valence-corrected chi connectivity index (χ1v) is 7.80. The monoisotopic (exact) mass is 285 g/mol. The molecule has 1 aromatic carbocycles. The predicted molar refractivity (Wildman–Crippen MR) is 88.1 cm³/mol. The first kappa shape index (κ1) is 15.8. The fourth-order valence-corrected chi connectivity index (χ4v) is 2.56. The summed E-state index contributed by atoms with van der Waals surface area (Å²) in [6.45, 7) is 8.88. The van der Waals surface area contributed by atoms with Gasteiger partial charge in [-0.2, -0.15) is 5.10 Å². The summed E-state index contributed by atoms with van der Waals surface area (Å²) >= 11 is 0. The van der Waals surface area contributed by atoms with Gasteiger partial charge in [-0.15, -0.1) is 0 Å². The molecule has 0 aliphatic heterocycles. The summed E-state index contributed by atoms with van der Waals surface area (Å²) in [6.07, 6.45) is 6.08. The SMILES string of the molecule is CC(C)(C)CC(NCCCn1cccn1)c1ccccc1. The lowest BCUT2D eigenvalue weighted by Gasteiger charge is -2.27. The molecule has 1 heterocycles. The molecule has 114 valence electrons. The van der Waals surface area contributed by atoms with Gasteiger partial charge in [-0.1, -0.05) is 51.1 Å². The normalized spacial score (nSPS) is 13.3. The van der Waals surface area contributed by atoms with Crippen LogP contribution in [0.2, 0.25) is 0 Å². The molecule has 3 heteroatoms. The third kappa shape index (κ3) is 5.72. The van der Waals surface area contributed by atoms with Gasteiger partial charge in [-0.25, -0.2) is 0 Å². The zero-order valence-corrected chi connectivity index (χ0v) is 13.4. The molecule has 21 heavy (non-hydrogen) atoms. The number of aryl methyl sites for hydroxylation is 1. The number of benzene rings is 1. The van der Waals surface area contributed by atoms with Crippen LogP contribution in [0.1, 0.15) is 45.2 Å². The topological polar surface area (TPSA) is 29.9 Å². The maximum atomic E-state index is 4.24. The molecule has 0 bridgehead atoms. The summed E-state index contributed by atoms with van der Waals surface area (Å²) in [7, 11) is 0. The summed E-state index contributed by atoms with van der Waals surface area (Å²) in [5, 5.41) is 7.95. The Morgan fingerprint density at radius 1 is 1.14 bits per heavy atom. The zero-order chi connectivity index (χ0) is 15.1. The van der Waals surface area contributed by atoms with Crippen LogP contribution in [0, 0.1) is 5.41 Å². The molecular formula is C18H27N3. The highest BCUT2D eigenvalue weighted by atomic mass is 15.3. The van der Waals surface area contributed by atoms with Gasteiger partial charge in [0, 0.05) is 25.0 Å². The highest BCUT2D eigenvalue weighted by molar-refractivity contribution is 5.19. The number of aromatic nitrogens is 2. The van der Waals surface area contributed by atoms with Crippen molar-refractivity contribution in [2.45, 2.75) is 46.2 Å². The third-order valence-corrected chi connectivity index (χ3v) is 3.53. The molecule has 0 radical (unpaired) electrons. The zero-order valence-electron chi connectivity index (χ0n) is 13.4. The van der Waals surface area contributed by atoms with E-state index in [1.807, 2.05) is 23.1 Å². The van der Waals surface area contributed by atoms with E-state index in [1.165, 1.54) is 5.56 Å². The molecule has 2 rings (SSSR count). The molecule has 1 atom stereocenters. The standard InChI is InChI=1S/C18H27N3/c1-18(2,3)15-17(16-9-5-4-6-10-16)19-11-7-13-21-14-8-12-20-21/h4-6,8-10,12,14,17,19H,7,11,13,15H2,1-3H3. The summed E-state index contributed by atoms with van der Waals surface area (Å²) < 4.78 is 1.99. The second-order valence-corrected chi connectivity index (χ2v) is 6.80. The number of nitrogens with zero attached hydrogens (tertiary/aromatic N) is 2. The Balaban J connectivity index is 1.87. The van der Waals surface area contributed by atoms with Crippen LogP contribution in [0.15, 0.2) is 48.8 Å². The molecule has 0 saturated heterocycles. The Morgan fingerprint density at radius 2 is 1.90 bits per heavy atom. The highest BCUT2D eigenvalue weighted by Crippen LogP contribution is 2.29. The van der Waals surface area contributed by atoms with E-state index in [9.17, 15) is 0 Å². The molecule has 0 amide bonds. The highest BCUT2D eigenvalue weighted by Gasteiger charge is 2.19. The van der Waals surface area contributed by atoms with Gasteiger partial charge in [0.2, 0.25) is 0 Å². The van der Waals surface area contributed by atoms with Crippen molar-refractivity contribution in [3.8, 4) is 0 Å². The average Bonchev–Trinajstić information content (AvgIpc) is 2.95. The Morgan fingerprint density at radius 3 is 2.52 bits per heavy atom. The quantitative estimate of drug-likeness (QED) is 0.778. The van der Waals surface area contributed by atoms with Crippen LogP contribution in [0.5, 0.6) is 0 Å². The van der Waals surface area contributed by atoms with Crippen LogP contribution in [0.3, 0.4) is 0 Å². The van der Waals surface area contributed by atoms with Crippen molar-refractivity contribution < 1.29 is 0 Å². The summed E-state index contributed by atoms with van der Waals surface area (Å²) in [4.78, 5) is 0. The number of hydrogen-bond acceptors (Lipinski definition) is 2. The Labute approximate surface area is 128 Å². The molecule has 2 aromatic rings. The maximum Gasteiger partial charge on any atom is 0.0489 e. The predicted octanol–water partition coefficient (Wildman–Crippen LogP) is 4.04. The van der Waals surface area contributed by atoms with Crippen LogP contribution in [-0.4, -0.2) is 16.3 Å². The molecular weight excluding hydrogens is 258 g/mol. The third-order valence-electron chi connectivity index (χ3n) is 3.53. The van der Waals surface area contributed by atoms with E-state index >= 15 is 0 Å².